The molecule has 0 amide bonds. The Morgan fingerprint density at radius 1 is 1.35 bits per heavy atom. The van der Waals surface area contributed by atoms with Gasteiger partial charge in [0.25, 0.3) is 0 Å². The molecular weight excluding hydrogens is 399 g/mol. The molecule has 1 heterocycles. The maximum atomic E-state index is 13.9. The molecule has 0 saturated carbocycles. The van der Waals surface area contributed by atoms with Crippen LogP contribution in [0, 0.1) is 18.6 Å². The molecule has 0 aliphatic rings. The first-order chi connectivity index (χ1) is 9.01. The average molecular weight is 411 g/mol. The summed E-state index contributed by atoms with van der Waals surface area (Å²) in [6.45, 7) is 1.63. The highest BCUT2D eigenvalue weighted by Gasteiger charge is 2.14. The number of hydrogen-bond donors (Lipinski definition) is 1. The summed E-state index contributed by atoms with van der Waals surface area (Å²) in [4.78, 5) is 7.70. The van der Waals surface area contributed by atoms with E-state index >= 15 is 0 Å². The molecule has 0 radical (unpaired) electrons. The number of aliphatic imine (C=N–C) groups is 1. The van der Waals surface area contributed by atoms with Crippen molar-refractivity contribution in [3.63, 3.8) is 0 Å². The summed E-state index contributed by atoms with van der Waals surface area (Å²) in [5, 5.41) is 4.10. The molecule has 1 aromatic carbocycles. The number of rotatable bonds is 2. The number of nitrogens with two attached hydrogens (primary N) is 1. The zero-order valence-electron chi connectivity index (χ0n) is 10.7. The highest BCUT2D eigenvalue weighted by atomic mass is 127. The van der Waals surface area contributed by atoms with Crippen LogP contribution in [-0.2, 0) is 0 Å². The number of aromatic nitrogens is 3. The normalized spacial score (nSPS) is 11.3. The maximum Gasteiger partial charge on any atom is 0.158 e. The van der Waals surface area contributed by atoms with Crippen molar-refractivity contribution in [2.45, 2.75) is 6.92 Å². The summed E-state index contributed by atoms with van der Waals surface area (Å²) in [5.41, 5.74) is 5.32. The molecule has 1 aromatic heterocycles. The van der Waals surface area contributed by atoms with Crippen molar-refractivity contribution in [3.05, 3.63) is 35.9 Å². The fourth-order valence-corrected chi connectivity index (χ4v) is 1.66. The van der Waals surface area contributed by atoms with E-state index in [9.17, 15) is 8.78 Å². The molecular formula is C11H12F2IN5S. The Morgan fingerprint density at radius 3 is 2.40 bits per heavy atom. The Bertz CT molecular complexity index is 620. The van der Waals surface area contributed by atoms with Gasteiger partial charge in [0.15, 0.2) is 16.8 Å². The Labute approximate surface area is 135 Å². The summed E-state index contributed by atoms with van der Waals surface area (Å²) in [6.07, 6.45) is 2.97. The van der Waals surface area contributed by atoms with E-state index in [1.54, 1.807) is 13.2 Å². The van der Waals surface area contributed by atoms with Gasteiger partial charge in [0, 0.05) is 12.1 Å². The minimum atomic E-state index is -0.780. The second-order valence-electron chi connectivity index (χ2n) is 3.65. The molecule has 0 saturated heterocycles. The topological polar surface area (TPSA) is 69.1 Å². The van der Waals surface area contributed by atoms with Crippen molar-refractivity contribution in [1.29, 1.82) is 0 Å². The molecule has 0 aliphatic carbocycles. The lowest BCUT2D eigenvalue weighted by Gasteiger charge is -2.05. The number of amidine groups is 1. The number of halogens is 3. The van der Waals surface area contributed by atoms with Crippen LogP contribution in [0.5, 0.6) is 0 Å². The second kappa shape index (κ2) is 6.97. The van der Waals surface area contributed by atoms with Gasteiger partial charge in [-0.2, -0.15) is 5.10 Å². The van der Waals surface area contributed by atoms with Gasteiger partial charge in [-0.3, -0.25) is 0 Å². The van der Waals surface area contributed by atoms with Crippen LogP contribution in [0.3, 0.4) is 0 Å². The standard InChI is InChI=1S/C11H11F2N5S.HI/c1-6-15-5-18(17-6)10-8(12)3-7(4-9(10)13)16-11(14)19-2;/h3-5H,1-2H3,(H2,14,16);1H. The van der Waals surface area contributed by atoms with E-state index in [0.29, 0.717) is 5.82 Å². The quantitative estimate of drug-likeness (QED) is 0.469. The van der Waals surface area contributed by atoms with Crippen molar-refractivity contribution >= 4 is 46.6 Å². The SMILES string of the molecule is CSC(N)=Nc1cc(F)c(-n2cnc(C)n2)c(F)c1.I. The summed E-state index contributed by atoms with van der Waals surface area (Å²) in [7, 11) is 0. The van der Waals surface area contributed by atoms with E-state index < -0.39 is 11.6 Å². The Balaban J connectivity index is 0.00000200. The number of aryl methyl sites for hydroxylation is 1. The van der Waals surface area contributed by atoms with E-state index in [2.05, 4.69) is 15.1 Å². The molecule has 0 spiro atoms. The van der Waals surface area contributed by atoms with Crippen LogP contribution in [0.2, 0.25) is 0 Å². The van der Waals surface area contributed by atoms with E-state index in [1.165, 1.54) is 18.1 Å². The molecule has 0 aliphatic heterocycles. The van der Waals surface area contributed by atoms with Gasteiger partial charge in [-0.15, -0.1) is 24.0 Å². The van der Waals surface area contributed by atoms with Crippen LogP contribution < -0.4 is 5.73 Å². The summed E-state index contributed by atoms with van der Waals surface area (Å²) in [6, 6.07) is 2.19. The first-order valence-corrected chi connectivity index (χ1v) is 6.49. The van der Waals surface area contributed by atoms with Gasteiger partial charge in [-0.25, -0.2) is 23.4 Å². The Kier molecular flexibility index (Phi) is 5.87. The minimum absolute atomic E-state index is 0. The molecule has 108 valence electrons. The molecule has 20 heavy (non-hydrogen) atoms. The summed E-state index contributed by atoms with van der Waals surface area (Å²) < 4.78 is 28.9. The number of benzene rings is 1. The third kappa shape index (κ3) is 3.66. The highest BCUT2D eigenvalue weighted by molar-refractivity contribution is 14.0. The molecule has 9 heteroatoms. The molecule has 2 rings (SSSR count). The van der Waals surface area contributed by atoms with Crippen molar-refractivity contribution in [2.75, 3.05) is 6.26 Å². The lowest BCUT2D eigenvalue weighted by molar-refractivity contribution is 0.560. The van der Waals surface area contributed by atoms with E-state index in [4.69, 9.17) is 5.73 Å². The van der Waals surface area contributed by atoms with Crippen LogP contribution in [0.25, 0.3) is 5.69 Å². The minimum Gasteiger partial charge on any atom is -0.378 e. The van der Waals surface area contributed by atoms with E-state index in [1.807, 2.05) is 0 Å². The predicted octanol–water partition coefficient (Wildman–Crippen LogP) is 2.78. The third-order valence-electron chi connectivity index (χ3n) is 2.29. The lowest BCUT2D eigenvalue weighted by Crippen LogP contribution is -2.05. The number of nitrogens with zero attached hydrogens (tertiary/aromatic N) is 4. The van der Waals surface area contributed by atoms with Crippen molar-refractivity contribution in [3.8, 4) is 5.69 Å². The van der Waals surface area contributed by atoms with Gasteiger partial charge in [0.05, 0.1) is 5.69 Å². The number of hydrogen-bond acceptors (Lipinski definition) is 4. The summed E-state index contributed by atoms with van der Waals surface area (Å²) >= 11 is 1.19. The molecule has 0 atom stereocenters. The fraction of sp³-hybridized carbons (Fsp3) is 0.182. The average Bonchev–Trinajstić information content (AvgIpc) is 2.74. The zero-order valence-corrected chi connectivity index (χ0v) is 13.8. The molecule has 5 nitrogen and oxygen atoms in total. The smallest absolute Gasteiger partial charge is 0.158 e. The highest BCUT2D eigenvalue weighted by Crippen LogP contribution is 2.24. The number of thioether (sulfide) groups is 1. The first-order valence-electron chi connectivity index (χ1n) is 5.27. The van der Waals surface area contributed by atoms with Crippen LogP contribution in [-0.4, -0.2) is 26.2 Å². The zero-order chi connectivity index (χ0) is 14.0. The lowest BCUT2D eigenvalue weighted by atomic mass is 10.2. The van der Waals surface area contributed by atoms with Gasteiger partial charge in [-0.05, 0) is 13.2 Å². The van der Waals surface area contributed by atoms with Gasteiger partial charge >= 0.3 is 0 Å². The van der Waals surface area contributed by atoms with Gasteiger partial charge < -0.3 is 5.73 Å². The largest absolute Gasteiger partial charge is 0.378 e. The molecule has 0 bridgehead atoms. The molecule has 0 unspecified atom stereocenters. The maximum absolute atomic E-state index is 13.9. The summed E-state index contributed by atoms with van der Waals surface area (Å²) in [5.74, 6) is -1.14. The van der Waals surface area contributed by atoms with Crippen LogP contribution in [0.4, 0.5) is 14.5 Å². The van der Waals surface area contributed by atoms with Gasteiger partial charge in [-0.1, -0.05) is 11.8 Å². The third-order valence-corrected chi connectivity index (χ3v) is 2.80. The van der Waals surface area contributed by atoms with Crippen molar-refractivity contribution in [2.24, 2.45) is 10.7 Å². The second-order valence-corrected chi connectivity index (χ2v) is 4.48. The van der Waals surface area contributed by atoms with Crippen molar-refractivity contribution < 1.29 is 8.78 Å². The van der Waals surface area contributed by atoms with E-state index in [-0.39, 0.29) is 40.5 Å². The Hall–Kier alpha value is -1.23. The van der Waals surface area contributed by atoms with Crippen LogP contribution in [0.1, 0.15) is 5.82 Å². The fourth-order valence-electron chi connectivity index (χ4n) is 1.46. The van der Waals surface area contributed by atoms with Gasteiger partial charge in [0.2, 0.25) is 0 Å². The van der Waals surface area contributed by atoms with Gasteiger partial charge in [0.1, 0.15) is 17.8 Å². The monoisotopic (exact) mass is 411 g/mol. The molecule has 2 N–H and O–H groups in total. The van der Waals surface area contributed by atoms with Crippen molar-refractivity contribution in [1.82, 2.24) is 14.8 Å². The Morgan fingerprint density at radius 2 is 1.95 bits per heavy atom. The van der Waals surface area contributed by atoms with E-state index in [0.717, 1.165) is 16.8 Å². The predicted molar refractivity (Wildman–Crippen MR) is 86.2 cm³/mol. The molecule has 2 aromatic rings. The first kappa shape index (κ1) is 16.8. The van der Waals surface area contributed by atoms with Crippen LogP contribution >= 0.6 is 35.7 Å². The van der Waals surface area contributed by atoms with Crippen LogP contribution in [0.15, 0.2) is 23.5 Å². The molecule has 0 fully saturated rings.